The van der Waals surface area contributed by atoms with Crippen molar-refractivity contribution in [2.45, 2.75) is 17.7 Å². The highest BCUT2D eigenvalue weighted by Gasteiger charge is 2.32. The van der Waals surface area contributed by atoms with Crippen LogP contribution in [0.4, 0.5) is 4.39 Å². The largest absolute Gasteiger partial charge is 0.351 e. The number of carbonyl (C=O) groups excluding carboxylic acids is 2. The molecule has 4 rings (SSSR count). The molecule has 176 valence electrons. The van der Waals surface area contributed by atoms with Crippen LogP contribution in [0.2, 0.25) is 5.02 Å². The van der Waals surface area contributed by atoms with Gasteiger partial charge in [-0.25, -0.2) is 4.39 Å². The summed E-state index contributed by atoms with van der Waals surface area (Å²) in [5.74, 6) is 1.45. The van der Waals surface area contributed by atoms with Crippen LogP contribution in [0.15, 0.2) is 72.8 Å². The number of rotatable bonds is 9. The van der Waals surface area contributed by atoms with Crippen molar-refractivity contribution in [3.05, 3.63) is 106 Å². The fourth-order valence-corrected chi connectivity index (χ4v) is 5.78. The molecule has 1 N–H and O–H groups in total. The van der Waals surface area contributed by atoms with Gasteiger partial charge in [-0.15, -0.1) is 11.8 Å². The molecule has 3 aromatic carbocycles. The molecule has 0 radical (unpaired) electrons. The van der Waals surface area contributed by atoms with Gasteiger partial charge >= 0.3 is 0 Å². The quantitative estimate of drug-likeness (QED) is 0.360. The standard InChI is InChI=1S/C26H24ClFN2O2S2/c27-22-11-5-18(6-12-22)15-30-24(31)17-34-26(30)20-9-7-19(8-10-20)25(32)29-13-14-33-16-21-3-1-2-4-23(21)28/h1-12,26H,13-17H2,(H,29,32)/t26-/m1/s1. The van der Waals surface area contributed by atoms with Crippen molar-refractivity contribution < 1.29 is 14.0 Å². The number of benzene rings is 3. The molecule has 0 bridgehead atoms. The summed E-state index contributed by atoms with van der Waals surface area (Å²) in [6.45, 7) is 1.02. The van der Waals surface area contributed by atoms with Gasteiger partial charge in [0, 0.05) is 35.2 Å². The summed E-state index contributed by atoms with van der Waals surface area (Å²) in [5.41, 5.74) is 3.25. The molecule has 0 aromatic heterocycles. The monoisotopic (exact) mass is 514 g/mol. The summed E-state index contributed by atoms with van der Waals surface area (Å²) < 4.78 is 13.7. The van der Waals surface area contributed by atoms with Gasteiger partial charge in [0.25, 0.3) is 5.91 Å². The number of nitrogens with one attached hydrogen (secondary N) is 1. The van der Waals surface area contributed by atoms with Crippen LogP contribution in [-0.4, -0.2) is 34.8 Å². The number of hydrogen-bond acceptors (Lipinski definition) is 4. The smallest absolute Gasteiger partial charge is 0.251 e. The average Bonchev–Trinajstić information content (AvgIpc) is 3.21. The van der Waals surface area contributed by atoms with Crippen molar-refractivity contribution in [2.75, 3.05) is 18.1 Å². The number of amides is 2. The van der Waals surface area contributed by atoms with E-state index < -0.39 is 0 Å². The molecule has 1 atom stereocenters. The third-order valence-corrected chi connectivity index (χ3v) is 7.96. The van der Waals surface area contributed by atoms with Gasteiger partial charge in [-0.1, -0.05) is 54.1 Å². The molecule has 2 amide bonds. The maximum atomic E-state index is 13.7. The van der Waals surface area contributed by atoms with Crippen LogP contribution in [0.1, 0.15) is 32.4 Å². The first-order valence-corrected chi connectivity index (χ1v) is 13.4. The summed E-state index contributed by atoms with van der Waals surface area (Å²) in [5, 5.41) is 3.49. The Kier molecular flexibility index (Phi) is 8.53. The van der Waals surface area contributed by atoms with E-state index in [2.05, 4.69) is 5.32 Å². The van der Waals surface area contributed by atoms with Crippen LogP contribution in [0.5, 0.6) is 0 Å². The lowest BCUT2D eigenvalue weighted by atomic mass is 10.1. The summed E-state index contributed by atoms with van der Waals surface area (Å²) in [7, 11) is 0. The molecule has 0 saturated carbocycles. The zero-order valence-corrected chi connectivity index (χ0v) is 20.8. The fraction of sp³-hybridized carbons (Fsp3) is 0.231. The third-order valence-electron chi connectivity index (χ3n) is 5.44. The van der Waals surface area contributed by atoms with E-state index in [4.69, 9.17) is 11.6 Å². The SMILES string of the molecule is O=C(NCCSCc1ccccc1F)c1ccc([C@H]2SCC(=O)N2Cc2ccc(Cl)cc2)cc1. The predicted octanol–water partition coefficient (Wildman–Crippen LogP) is 5.92. The molecule has 0 aliphatic carbocycles. The number of nitrogens with zero attached hydrogens (tertiary/aromatic N) is 1. The normalized spacial score (nSPS) is 15.5. The Labute approximate surface area is 212 Å². The molecular formula is C26H24ClFN2O2S2. The maximum Gasteiger partial charge on any atom is 0.251 e. The second kappa shape index (κ2) is 11.8. The van der Waals surface area contributed by atoms with Crippen LogP contribution >= 0.6 is 35.1 Å². The van der Waals surface area contributed by atoms with Crippen LogP contribution in [0, 0.1) is 5.82 Å². The van der Waals surface area contributed by atoms with E-state index in [1.165, 1.54) is 6.07 Å². The van der Waals surface area contributed by atoms with Gasteiger partial charge in [-0.2, -0.15) is 11.8 Å². The molecule has 8 heteroatoms. The minimum absolute atomic E-state index is 0.0879. The zero-order valence-electron chi connectivity index (χ0n) is 18.4. The Morgan fingerprint density at radius 1 is 1.09 bits per heavy atom. The van der Waals surface area contributed by atoms with Crippen molar-refractivity contribution in [3.63, 3.8) is 0 Å². The maximum absolute atomic E-state index is 13.7. The van der Waals surface area contributed by atoms with Crippen molar-refractivity contribution in [3.8, 4) is 0 Å². The Morgan fingerprint density at radius 3 is 2.56 bits per heavy atom. The second-order valence-electron chi connectivity index (χ2n) is 7.83. The molecule has 1 heterocycles. The van der Waals surface area contributed by atoms with Crippen LogP contribution in [0.25, 0.3) is 0 Å². The van der Waals surface area contributed by atoms with Gasteiger partial charge < -0.3 is 10.2 Å². The highest BCUT2D eigenvalue weighted by molar-refractivity contribution is 8.00. The fourth-order valence-electron chi connectivity index (χ4n) is 3.62. The molecule has 4 nitrogen and oxygen atoms in total. The van der Waals surface area contributed by atoms with Gasteiger partial charge in [0.15, 0.2) is 0 Å². The van der Waals surface area contributed by atoms with Gasteiger partial charge in [-0.05, 0) is 47.0 Å². The lowest BCUT2D eigenvalue weighted by Crippen LogP contribution is -2.28. The third kappa shape index (κ3) is 6.34. The highest BCUT2D eigenvalue weighted by Crippen LogP contribution is 2.39. The summed E-state index contributed by atoms with van der Waals surface area (Å²) >= 11 is 9.13. The number of halogens is 2. The van der Waals surface area contributed by atoms with Gasteiger partial charge in [0.05, 0.1) is 5.75 Å². The van der Waals surface area contributed by atoms with Crippen molar-refractivity contribution in [1.29, 1.82) is 0 Å². The van der Waals surface area contributed by atoms with E-state index in [0.717, 1.165) is 11.1 Å². The van der Waals surface area contributed by atoms with Crippen molar-refractivity contribution in [1.82, 2.24) is 10.2 Å². The molecule has 0 unspecified atom stereocenters. The number of hydrogen-bond donors (Lipinski definition) is 1. The van der Waals surface area contributed by atoms with Crippen LogP contribution in [0.3, 0.4) is 0 Å². The molecular weight excluding hydrogens is 491 g/mol. The first kappa shape index (κ1) is 24.6. The lowest BCUT2D eigenvalue weighted by molar-refractivity contribution is -0.128. The highest BCUT2D eigenvalue weighted by atomic mass is 35.5. The van der Waals surface area contributed by atoms with E-state index in [1.807, 2.05) is 47.4 Å². The Morgan fingerprint density at radius 2 is 1.82 bits per heavy atom. The Balaban J connectivity index is 1.28. The van der Waals surface area contributed by atoms with E-state index >= 15 is 0 Å². The van der Waals surface area contributed by atoms with E-state index in [1.54, 1.807) is 47.8 Å². The summed E-state index contributed by atoms with van der Waals surface area (Å²) in [6.07, 6.45) is 0. The van der Waals surface area contributed by atoms with Gasteiger partial charge in [-0.3, -0.25) is 9.59 Å². The van der Waals surface area contributed by atoms with Crippen LogP contribution < -0.4 is 5.32 Å². The molecule has 34 heavy (non-hydrogen) atoms. The zero-order chi connectivity index (χ0) is 23.9. The molecule has 1 saturated heterocycles. The summed E-state index contributed by atoms with van der Waals surface area (Å²) in [6, 6.07) is 21.6. The topological polar surface area (TPSA) is 49.4 Å². The van der Waals surface area contributed by atoms with Crippen molar-refractivity contribution >= 4 is 46.9 Å². The average molecular weight is 515 g/mol. The van der Waals surface area contributed by atoms with E-state index in [0.29, 0.717) is 46.5 Å². The van der Waals surface area contributed by atoms with Crippen molar-refractivity contribution in [2.24, 2.45) is 0 Å². The second-order valence-corrected chi connectivity index (χ2v) is 10.4. The number of carbonyl (C=O) groups is 2. The van der Waals surface area contributed by atoms with Crippen LogP contribution in [-0.2, 0) is 17.1 Å². The molecule has 1 fully saturated rings. The molecule has 0 spiro atoms. The lowest BCUT2D eigenvalue weighted by Gasteiger charge is -2.24. The minimum Gasteiger partial charge on any atom is -0.351 e. The Hall–Kier alpha value is -2.48. The molecule has 3 aromatic rings. The van der Waals surface area contributed by atoms with E-state index in [9.17, 15) is 14.0 Å². The predicted molar refractivity (Wildman–Crippen MR) is 139 cm³/mol. The minimum atomic E-state index is -0.201. The molecule has 1 aliphatic heterocycles. The van der Waals surface area contributed by atoms with Gasteiger partial charge in [0.1, 0.15) is 11.2 Å². The first-order chi connectivity index (χ1) is 16.5. The Bertz CT molecular complexity index is 1140. The first-order valence-electron chi connectivity index (χ1n) is 10.9. The van der Waals surface area contributed by atoms with E-state index in [-0.39, 0.29) is 23.0 Å². The summed E-state index contributed by atoms with van der Waals surface area (Å²) in [4.78, 5) is 26.8. The number of thioether (sulfide) groups is 2. The molecule has 1 aliphatic rings. The van der Waals surface area contributed by atoms with Gasteiger partial charge in [0.2, 0.25) is 5.91 Å².